The molecule has 10 rings (SSSR count). The normalized spacial score (nSPS) is 56.0. The van der Waals surface area contributed by atoms with Crippen molar-refractivity contribution in [1.82, 2.24) is 0 Å². The first-order chi connectivity index (χ1) is 28.8. The van der Waals surface area contributed by atoms with Gasteiger partial charge in [0.2, 0.25) is 11.6 Å². The van der Waals surface area contributed by atoms with Gasteiger partial charge in [0.05, 0.1) is 42.0 Å². The monoisotopic (exact) mass is 856 g/mol. The molecular weight excluding hydrogens is 789 g/mol. The fraction of sp³-hybridized carbons (Fsp3) is 0.872. The van der Waals surface area contributed by atoms with E-state index in [4.69, 9.17) is 47.4 Å². The van der Waals surface area contributed by atoms with Gasteiger partial charge in [0, 0.05) is 38.5 Å². The van der Waals surface area contributed by atoms with Crippen LogP contribution in [0.2, 0.25) is 0 Å². The van der Waals surface area contributed by atoms with Gasteiger partial charge < -0.3 is 57.6 Å². The Morgan fingerprint density at radius 1 is 0.721 bits per heavy atom. The SMILES string of the molecule is CC1=CC(C)CC2(C)CCC(O2)C23CCC(C)(CC(O2)C2OC(C)(CC2=O)C(O)C2CCC4(CCCC(O4)C(C)C(=O)OC4CC5OC4(C=C1)OC51OCCC(C)C1O)O2)O3. The third-order valence-electron chi connectivity index (χ3n) is 16.3. The number of hydrogen-bond acceptors (Lipinski definition) is 14. The summed E-state index contributed by atoms with van der Waals surface area (Å²) in [6, 6.07) is 0. The van der Waals surface area contributed by atoms with Gasteiger partial charge in [-0.15, -0.1) is 0 Å². The Kier molecular flexibility index (Phi) is 10.5. The number of rotatable bonds is 0. The van der Waals surface area contributed by atoms with Crippen molar-refractivity contribution in [2.24, 2.45) is 17.8 Å². The molecular formula is C47H68O14. The Morgan fingerprint density at radius 3 is 2.34 bits per heavy atom. The van der Waals surface area contributed by atoms with Crippen LogP contribution in [0.1, 0.15) is 138 Å². The molecule has 19 atom stereocenters. The highest BCUT2D eigenvalue weighted by Crippen LogP contribution is 2.57. The molecule has 61 heavy (non-hydrogen) atoms. The van der Waals surface area contributed by atoms with Gasteiger partial charge >= 0.3 is 5.97 Å². The van der Waals surface area contributed by atoms with E-state index in [1.807, 2.05) is 32.9 Å². The molecule has 0 radical (unpaired) electrons. The van der Waals surface area contributed by atoms with Crippen LogP contribution in [0.5, 0.6) is 0 Å². The first-order valence-corrected chi connectivity index (χ1v) is 23.4. The van der Waals surface area contributed by atoms with Gasteiger partial charge in [-0.2, -0.15) is 0 Å². The van der Waals surface area contributed by atoms with Crippen molar-refractivity contribution in [2.45, 2.75) is 233 Å². The van der Waals surface area contributed by atoms with Crippen molar-refractivity contribution in [2.75, 3.05) is 6.61 Å². The van der Waals surface area contributed by atoms with Crippen molar-refractivity contribution in [3.8, 4) is 0 Å². The Bertz CT molecular complexity index is 1820. The smallest absolute Gasteiger partial charge is 0.311 e. The lowest BCUT2D eigenvalue weighted by atomic mass is 9.85. The van der Waals surface area contributed by atoms with Gasteiger partial charge in [-0.3, -0.25) is 9.59 Å². The van der Waals surface area contributed by atoms with Gasteiger partial charge in [-0.05, 0) is 104 Å². The predicted molar refractivity (Wildman–Crippen MR) is 215 cm³/mol. The maximum Gasteiger partial charge on any atom is 0.311 e. The minimum Gasteiger partial charge on any atom is -0.456 e. The van der Waals surface area contributed by atoms with E-state index >= 15 is 0 Å². The van der Waals surface area contributed by atoms with Gasteiger partial charge in [0.25, 0.3) is 0 Å². The molecule has 0 aromatic carbocycles. The Hall–Kier alpha value is -1.82. The average molecular weight is 857 g/mol. The van der Waals surface area contributed by atoms with Crippen molar-refractivity contribution in [3.63, 3.8) is 0 Å². The molecule has 4 spiro atoms. The lowest BCUT2D eigenvalue weighted by Crippen LogP contribution is -2.62. The zero-order chi connectivity index (χ0) is 43.0. The largest absolute Gasteiger partial charge is 0.456 e. The number of ketones is 1. The Balaban J connectivity index is 0.957. The second kappa shape index (κ2) is 14.8. The molecule has 19 unspecified atom stereocenters. The van der Waals surface area contributed by atoms with Gasteiger partial charge in [0.15, 0.2) is 23.5 Å². The first kappa shape index (κ1) is 43.1. The maximum absolute atomic E-state index is 14.1. The summed E-state index contributed by atoms with van der Waals surface area (Å²) in [5.41, 5.74) is -1.18. The zero-order valence-corrected chi connectivity index (χ0v) is 37.1. The molecule has 9 fully saturated rings. The van der Waals surface area contributed by atoms with E-state index in [1.165, 1.54) is 0 Å². The molecule has 12 bridgehead atoms. The van der Waals surface area contributed by atoms with Crippen LogP contribution < -0.4 is 0 Å². The van der Waals surface area contributed by atoms with Gasteiger partial charge in [-0.25, -0.2) is 0 Å². The van der Waals surface area contributed by atoms with Crippen molar-refractivity contribution in [3.05, 3.63) is 23.8 Å². The van der Waals surface area contributed by atoms with E-state index in [0.29, 0.717) is 58.0 Å². The zero-order valence-electron chi connectivity index (χ0n) is 37.1. The standard InChI is InChI=1S/C47H68O14/c1-26-10-17-45-35(22-36(58-45)47(61-45)38(49)28(3)13-20-52-47)53-40(51)29(4)31-9-8-14-44(54-31)16-11-32(55-44)39(50)43(7)24-30(48)37(59-43)33-25-42(6)18-19-46(56-33,60-42)34-12-15-41(5,57-34)23-27(2)21-26/h10,17,21,27-29,31-39,49-50H,8-9,11-16,18-20,22-25H2,1-7H3. The number of carbonyl (C=O) groups is 2. The molecule has 10 aliphatic heterocycles. The fourth-order valence-electron chi connectivity index (χ4n) is 13.0. The lowest BCUT2D eigenvalue weighted by Gasteiger charge is -2.47. The molecule has 10 heterocycles. The van der Waals surface area contributed by atoms with Gasteiger partial charge in [0.1, 0.15) is 36.1 Å². The third-order valence-corrected chi connectivity index (χ3v) is 16.3. The number of allylic oxidation sites excluding steroid dienone is 3. The van der Waals surface area contributed by atoms with Crippen LogP contribution in [0.25, 0.3) is 0 Å². The number of esters is 1. The fourth-order valence-corrected chi connectivity index (χ4v) is 13.0. The first-order valence-electron chi connectivity index (χ1n) is 23.4. The van der Waals surface area contributed by atoms with E-state index in [1.54, 1.807) is 6.92 Å². The Labute approximate surface area is 359 Å². The van der Waals surface area contributed by atoms with Crippen LogP contribution in [0.4, 0.5) is 0 Å². The second-order valence-corrected chi connectivity index (χ2v) is 21.5. The highest BCUT2D eigenvalue weighted by molar-refractivity contribution is 5.86. The molecule has 2 N–H and O–H groups in total. The number of hydrogen-bond donors (Lipinski definition) is 2. The molecule has 14 heteroatoms. The summed E-state index contributed by atoms with van der Waals surface area (Å²) >= 11 is 0. The molecule has 0 saturated carbocycles. The highest BCUT2D eigenvalue weighted by Gasteiger charge is 2.72. The molecule has 14 nitrogen and oxygen atoms in total. The number of aliphatic hydroxyl groups excluding tert-OH is 2. The topological polar surface area (TPSA) is 167 Å². The summed E-state index contributed by atoms with van der Waals surface area (Å²) in [4.78, 5) is 28.1. The summed E-state index contributed by atoms with van der Waals surface area (Å²) in [5, 5.41) is 23.5. The third kappa shape index (κ3) is 7.16. The lowest BCUT2D eigenvalue weighted by molar-refractivity contribution is -0.359. The second-order valence-electron chi connectivity index (χ2n) is 21.5. The maximum atomic E-state index is 14.1. The van der Waals surface area contributed by atoms with Crippen molar-refractivity contribution >= 4 is 11.8 Å². The summed E-state index contributed by atoms with van der Waals surface area (Å²) < 4.78 is 66.5. The quantitative estimate of drug-likeness (QED) is 0.288. The molecule has 0 aromatic heterocycles. The van der Waals surface area contributed by atoms with Crippen LogP contribution >= 0.6 is 0 Å². The summed E-state index contributed by atoms with van der Waals surface area (Å²) in [6.45, 7) is 14.5. The van der Waals surface area contributed by atoms with E-state index < -0.39 is 101 Å². The highest BCUT2D eigenvalue weighted by atomic mass is 16.9. The van der Waals surface area contributed by atoms with E-state index in [0.717, 1.165) is 37.7 Å². The van der Waals surface area contributed by atoms with Crippen LogP contribution in [-0.2, 0) is 57.0 Å². The molecule has 340 valence electrons. The number of fused-ring (bicyclic) bond motifs is 11. The number of Topliss-reactive ketones (excluding diaryl/α,β-unsaturated/α-hetero) is 1. The van der Waals surface area contributed by atoms with E-state index in [9.17, 15) is 19.8 Å². The molecule has 0 aromatic rings. The van der Waals surface area contributed by atoms with E-state index in [2.05, 4.69) is 26.8 Å². The minimum absolute atomic E-state index is 0.0301. The predicted octanol–water partition coefficient (Wildman–Crippen LogP) is 5.62. The molecule has 9 saturated heterocycles. The summed E-state index contributed by atoms with van der Waals surface area (Å²) in [6.07, 6.45) is 7.92. The summed E-state index contributed by atoms with van der Waals surface area (Å²) in [7, 11) is 0. The average Bonchev–Trinajstić information content (AvgIpc) is 4.05. The van der Waals surface area contributed by atoms with E-state index in [-0.39, 0.29) is 30.1 Å². The number of ether oxygens (including phenoxy) is 10. The molecule has 0 amide bonds. The van der Waals surface area contributed by atoms with Crippen molar-refractivity contribution < 1.29 is 67.2 Å². The number of aliphatic hydroxyl groups is 2. The van der Waals surface area contributed by atoms with Crippen LogP contribution in [0.3, 0.4) is 0 Å². The van der Waals surface area contributed by atoms with Crippen molar-refractivity contribution in [1.29, 1.82) is 0 Å². The van der Waals surface area contributed by atoms with Crippen LogP contribution in [0, 0.1) is 17.8 Å². The summed E-state index contributed by atoms with van der Waals surface area (Å²) in [5.74, 6) is -5.98. The van der Waals surface area contributed by atoms with Crippen LogP contribution in [0.15, 0.2) is 23.8 Å². The van der Waals surface area contributed by atoms with Gasteiger partial charge in [-0.1, -0.05) is 31.6 Å². The minimum atomic E-state index is -1.48. The Morgan fingerprint density at radius 2 is 1.52 bits per heavy atom. The molecule has 10 aliphatic rings. The number of carbonyl (C=O) groups excluding carboxylic acids is 2. The molecule has 0 aliphatic carbocycles. The van der Waals surface area contributed by atoms with Crippen LogP contribution in [-0.4, -0.2) is 123 Å².